The Morgan fingerprint density at radius 2 is 2.11 bits per heavy atom. The van der Waals surface area contributed by atoms with Crippen molar-refractivity contribution in [3.63, 3.8) is 0 Å². The highest BCUT2D eigenvalue weighted by Gasteiger charge is 2.04. The summed E-state index contributed by atoms with van der Waals surface area (Å²) in [6.07, 6.45) is 6.20. The summed E-state index contributed by atoms with van der Waals surface area (Å²) < 4.78 is 0. The Morgan fingerprint density at radius 3 is 2.95 bits per heavy atom. The van der Waals surface area contributed by atoms with Crippen LogP contribution < -0.4 is 11.1 Å². The number of nitrogens with two attached hydrogens (primary N) is 1. The summed E-state index contributed by atoms with van der Waals surface area (Å²) in [7, 11) is 0. The number of H-pyrrole nitrogens is 1. The van der Waals surface area contributed by atoms with Crippen LogP contribution in [0.5, 0.6) is 0 Å². The van der Waals surface area contributed by atoms with Gasteiger partial charge in [-0.05, 0) is 24.3 Å². The zero-order valence-corrected chi connectivity index (χ0v) is 10.4. The average molecular weight is 253 g/mol. The van der Waals surface area contributed by atoms with Crippen LogP contribution in [0, 0.1) is 0 Å². The number of aromatic nitrogens is 3. The normalized spacial score (nSPS) is 10.7. The first-order valence-electron chi connectivity index (χ1n) is 6.20. The average Bonchev–Trinajstić information content (AvgIpc) is 2.95. The summed E-state index contributed by atoms with van der Waals surface area (Å²) in [4.78, 5) is 11.7. The van der Waals surface area contributed by atoms with E-state index in [9.17, 15) is 0 Å². The van der Waals surface area contributed by atoms with Gasteiger partial charge in [-0.15, -0.1) is 0 Å². The molecule has 3 rings (SSSR count). The van der Waals surface area contributed by atoms with Crippen molar-refractivity contribution in [1.29, 1.82) is 0 Å². The fraction of sp³-hybridized carbons (Fsp3) is 0.143. The van der Waals surface area contributed by atoms with Gasteiger partial charge in [0.15, 0.2) is 0 Å². The van der Waals surface area contributed by atoms with E-state index in [4.69, 9.17) is 5.73 Å². The van der Waals surface area contributed by atoms with E-state index in [-0.39, 0.29) is 0 Å². The first kappa shape index (κ1) is 11.5. The van der Waals surface area contributed by atoms with E-state index >= 15 is 0 Å². The van der Waals surface area contributed by atoms with Gasteiger partial charge in [0.2, 0.25) is 0 Å². The van der Waals surface area contributed by atoms with E-state index in [1.807, 2.05) is 30.5 Å². The molecule has 4 N–H and O–H groups in total. The van der Waals surface area contributed by atoms with E-state index < -0.39 is 0 Å². The van der Waals surface area contributed by atoms with Gasteiger partial charge in [0.25, 0.3) is 0 Å². The Bertz CT molecular complexity index is 675. The molecule has 0 atom stereocenters. The Kier molecular flexibility index (Phi) is 3.02. The molecule has 2 aromatic heterocycles. The van der Waals surface area contributed by atoms with E-state index in [0.29, 0.717) is 0 Å². The molecule has 0 unspecified atom stereocenters. The molecule has 96 valence electrons. The Labute approximate surface area is 110 Å². The Hall–Kier alpha value is -2.56. The molecule has 1 aromatic carbocycles. The summed E-state index contributed by atoms with van der Waals surface area (Å²) in [5.74, 6) is 0.972. The number of imidazole rings is 1. The topological polar surface area (TPSA) is 79.6 Å². The van der Waals surface area contributed by atoms with Gasteiger partial charge in [-0.3, -0.25) is 4.98 Å². The lowest BCUT2D eigenvalue weighted by molar-refractivity contribution is 0.928. The van der Waals surface area contributed by atoms with Gasteiger partial charge in [0.05, 0.1) is 11.2 Å². The maximum atomic E-state index is 5.95. The minimum Gasteiger partial charge on any atom is -0.398 e. The molecule has 3 aromatic rings. The first-order valence-corrected chi connectivity index (χ1v) is 6.20. The maximum Gasteiger partial charge on any atom is 0.107 e. The van der Waals surface area contributed by atoms with E-state index in [0.717, 1.165) is 41.1 Å². The Balaban J connectivity index is 1.79. The number of pyridine rings is 1. The molecule has 0 aliphatic rings. The number of rotatable bonds is 4. The summed E-state index contributed by atoms with van der Waals surface area (Å²) in [6, 6.07) is 7.74. The number of anilines is 2. The van der Waals surface area contributed by atoms with E-state index in [1.54, 1.807) is 12.4 Å². The third kappa shape index (κ3) is 2.35. The number of nitrogen functional groups attached to an aromatic ring is 1. The van der Waals surface area contributed by atoms with Gasteiger partial charge in [-0.1, -0.05) is 0 Å². The number of benzene rings is 1. The number of nitrogens with one attached hydrogen (secondary N) is 2. The van der Waals surface area contributed by atoms with Gasteiger partial charge in [-0.2, -0.15) is 0 Å². The van der Waals surface area contributed by atoms with Crippen molar-refractivity contribution in [3.8, 4) is 0 Å². The molecule has 0 aliphatic heterocycles. The minimum absolute atomic E-state index is 0.750. The van der Waals surface area contributed by atoms with Gasteiger partial charge in [0, 0.05) is 42.6 Å². The fourth-order valence-electron chi connectivity index (χ4n) is 2.09. The predicted molar refractivity (Wildman–Crippen MR) is 76.9 cm³/mol. The summed E-state index contributed by atoms with van der Waals surface area (Å²) in [6.45, 7) is 0.795. The third-order valence-electron chi connectivity index (χ3n) is 3.04. The number of nitrogens with zero attached hydrogens (tertiary/aromatic N) is 2. The predicted octanol–water partition coefficient (Wildman–Crippen LogP) is 2.19. The van der Waals surface area contributed by atoms with Crippen molar-refractivity contribution in [1.82, 2.24) is 15.0 Å². The second kappa shape index (κ2) is 4.97. The van der Waals surface area contributed by atoms with Crippen molar-refractivity contribution in [2.24, 2.45) is 0 Å². The molecule has 0 fully saturated rings. The second-order valence-electron chi connectivity index (χ2n) is 4.31. The van der Waals surface area contributed by atoms with Crippen LogP contribution in [-0.2, 0) is 6.42 Å². The molecule has 0 spiro atoms. The zero-order chi connectivity index (χ0) is 13.1. The molecule has 0 radical (unpaired) electrons. The SMILES string of the molecule is Nc1ccc(NCCc2ncc[nH]2)c2ncccc12. The molecular weight excluding hydrogens is 238 g/mol. The van der Waals surface area contributed by atoms with Crippen LogP contribution in [0.1, 0.15) is 5.82 Å². The standard InChI is InChI=1S/C14H15N5/c15-11-3-4-12(14-10(11)2-1-6-19-14)16-7-5-13-17-8-9-18-13/h1-4,6,8-9,16H,5,7,15H2,(H,17,18). The molecule has 0 saturated heterocycles. The van der Waals surface area contributed by atoms with Crippen molar-refractivity contribution in [2.75, 3.05) is 17.6 Å². The van der Waals surface area contributed by atoms with Crippen molar-refractivity contribution in [2.45, 2.75) is 6.42 Å². The van der Waals surface area contributed by atoms with Crippen molar-refractivity contribution >= 4 is 22.3 Å². The molecule has 0 saturated carbocycles. The van der Waals surface area contributed by atoms with Crippen LogP contribution in [-0.4, -0.2) is 21.5 Å². The fourth-order valence-corrected chi connectivity index (χ4v) is 2.09. The highest BCUT2D eigenvalue weighted by atomic mass is 14.9. The number of aromatic amines is 1. The highest BCUT2D eigenvalue weighted by Crippen LogP contribution is 2.25. The van der Waals surface area contributed by atoms with E-state index in [1.165, 1.54) is 0 Å². The number of hydrogen-bond donors (Lipinski definition) is 3. The lowest BCUT2D eigenvalue weighted by Gasteiger charge is -2.09. The van der Waals surface area contributed by atoms with Crippen LogP contribution in [0.15, 0.2) is 42.9 Å². The van der Waals surface area contributed by atoms with Crippen LogP contribution in [0.3, 0.4) is 0 Å². The lowest BCUT2D eigenvalue weighted by atomic mass is 10.1. The van der Waals surface area contributed by atoms with Crippen molar-refractivity contribution < 1.29 is 0 Å². The molecule has 0 bridgehead atoms. The smallest absolute Gasteiger partial charge is 0.107 e. The van der Waals surface area contributed by atoms with Gasteiger partial charge >= 0.3 is 0 Å². The minimum atomic E-state index is 0.750. The molecule has 2 heterocycles. The quantitative estimate of drug-likeness (QED) is 0.623. The van der Waals surface area contributed by atoms with Crippen LogP contribution in [0.4, 0.5) is 11.4 Å². The molecule has 5 heteroatoms. The second-order valence-corrected chi connectivity index (χ2v) is 4.31. The number of hydrogen-bond acceptors (Lipinski definition) is 4. The number of fused-ring (bicyclic) bond motifs is 1. The molecule has 0 amide bonds. The maximum absolute atomic E-state index is 5.95. The van der Waals surface area contributed by atoms with Crippen molar-refractivity contribution in [3.05, 3.63) is 48.7 Å². The summed E-state index contributed by atoms with van der Waals surface area (Å²) in [5, 5.41) is 4.35. The third-order valence-corrected chi connectivity index (χ3v) is 3.04. The van der Waals surface area contributed by atoms with Crippen LogP contribution in [0.2, 0.25) is 0 Å². The molecule has 19 heavy (non-hydrogen) atoms. The highest BCUT2D eigenvalue weighted by molar-refractivity contribution is 5.98. The lowest BCUT2D eigenvalue weighted by Crippen LogP contribution is -2.07. The summed E-state index contributed by atoms with van der Waals surface area (Å²) in [5.41, 5.74) is 8.60. The van der Waals surface area contributed by atoms with Crippen LogP contribution >= 0.6 is 0 Å². The first-order chi connectivity index (χ1) is 9.34. The van der Waals surface area contributed by atoms with Gasteiger partial charge in [0.1, 0.15) is 5.82 Å². The molecule has 5 nitrogen and oxygen atoms in total. The summed E-state index contributed by atoms with van der Waals surface area (Å²) >= 11 is 0. The van der Waals surface area contributed by atoms with E-state index in [2.05, 4.69) is 20.3 Å². The Morgan fingerprint density at radius 1 is 1.16 bits per heavy atom. The zero-order valence-electron chi connectivity index (χ0n) is 10.4. The van der Waals surface area contributed by atoms with Gasteiger partial charge in [-0.25, -0.2) is 4.98 Å². The van der Waals surface area contributed by atoms with Crippen LogP contribution in [0.25, 0.3) is 10.9 Å². The van der Waals surface area contributed by atoms with Gasteiger partial charge < -0.3 is 16.0 Å². The molecular formula is C14H15N5. The molecule has 0 aliphatic carbocycles. The largest absolute Gasteiger partial charge is 0.398 e. The monoisotopic (exact) mass is 253 g/mol.